The van der Waals surface area contributed by atoms with E-state index < -0.39 is 0 Å². The number of hydrogen-bond acceptors (Lipinski definition) is 4. The highest BCUT2D eigenvalue weighted by Gasteiger charge is 2.15. The van der Waals surface area contributed by atoms with Crippen molar-refractivity contribution in [3.63, 3.8) is 0 Å². The zero-order valence-electron chi connectivity index (χ0n) is 12.6. The van der Waals surface area contributed by atoms with Gasteiger partial charge in [0.25, 0.3) is 0 Å². The van der Waals surface area contributed by atoms with Gasteiger partial charge in [-0.1, -0.05) is 17.7 Å². The van der Waals surface area contributed by atoms with Crippen LogP contribution in [0, 0.1) is 0 Å². The maximum Gasteiger partial charge on any atom is 0.0830 e. The maximum atomic E-state index is 6.17. The van der Waals surface area contributed by atoms with E-state index in [0.717, 1.165) is 67.2 Å². The molecule has 0 bridgehead atoms. The van der Waals surface area contributed by atoms with Crippen LogP contribution >= 0.6 is 11.6 Å². The lowest BCUT2D eigenvalue weighted by molar-refractivity contribution is 0.0416. The van der Waals surface area contributed by atoms with Gasteiger partial charge in [-0.15, -0.1) is 0 Å². The van der Waals surface area contributed by atoms with Gasteiger partial charge in [-0.05, 0) is 43.1 Å². The highest BCUT2D eigenvalue weighted by Crippen LogP contribution is 2.22. The molecule has 0 radical (unpaired) electrons. The molecule has 0 amide bonds. The van der Waals surface area contributed by atoms with Crippen molar-refractivity contribution in [2.45, 2.75) is 25.5 Å². The Labute approximate surface area is 135 Å². The number of ether oxygens (including phenoxy) is 2. The molecular weight excluding hydrogens is 300 g/mol. The smallest absolute Gasteiger partial charge is 0.0830 e. The van der Waals surface area contributed by atoms with E-state index in [2.05, 4.69) is 10.3 Å². The number of rotatable bonds is 7. The molecule has 1 aliphatic heterocycles. The molecule has 1 aromatic heterocycles. The summed E-state index contributed by atoms with van der Waals surface area (Å²) in [4.78, 5) is 4.45. The number of hydrogen-bond donors (Lipinski definition) is 1. The van der Waals surface area contributed by atoms with Crippen molar-refractivity contribution in [1.29, 1.82) is 0 Å². The van der Waals surface area contributed by atoms with Gasteiger partial charge in [0.2, 0.25) is 0 Å². The van der Waals surface area contributed by atoms with Gasteiger partial charge in [0.05, 0.1) is 18.2 Å². The molecule has 0 saturated carbocycles. The van der Waals surface area contributed by atoms with Crippen LogP contribution in [0.3, 0.4) is 0 Å². The van der Waals surface area contributed by atoms with Crippen molar-refractivity contribution >= 4 is 22.5 Å². The number of nitrogens with zero attached hydrogens (tertiary/aromatic N) is 1. The minimum atomic E-state index is 0.293. The molecule has 0 spiro atoms. The third kappa shape index (κ3) is 4.17. The van der Waals surface area contributed by atoms with Crippen molar-refractivity contribution in [2.24, 2.45) is 0 Å². The number of aromatic nitrogens is 1. The van der Waals surface area contributed by atoms with E-state index in [1.54, 1.807) is 0 Å². The Bertz CT molecular complexity index is 615. The molecule has 1 N–H and O–H groups in total. The molecule has 22 heavy (non-hydrogen) atoms. The van der Waals surface area contributed by atoms with Gasteiger partial charge < -0.3 is 14.8 Å². The van der Waals surface area contributed by atoms with Gasteiger partial charge in [-0.2, -0.15) is 0 Å². The first-order valence-corrected chi connectivity index (χ1v) is 8.14. The quantitative estimate of drug-likeness (QED) is 0.796. The SMILES string of the molecule is Clc1cc(CNCCCOC2CCOC2)c2ncccc2c1. The topological polar surface area (TPSA) is 43.4 Å². The molecular formula is C17H21ClN2O2. The lowest BCUT2D eigenvalue weighted by atomic mass is 10.1. The van der Waals surface area contributed by atoms with Crippen LogP contribution < -0.4 is 5.32 Å². The molecule has 1 aromatic carbocycles. The average Bonchev–Trinajstić information content (AvgIpc) is 3.03. The summed E-state index contributed by atoms with van der Waals surface area (Å²) in [7, 11) is 0. The first kappa shape index (κ1) is 15.7. The molecule has 0 aliphatic carbocycles. The standard InChI is InChI=1S/C17H21ClN2O2/c18-15-9-13-3-1-6-20-17(13)14(10-15)11-19-5-2-7-22-16-4-8-21-12-16/h1,3,6,9-10,16,19H,2,4-5,7-8,11-12H2. The lowest BCUT2D eigenvalue weighted by Crippen LogP contribution is -2.19. The van der Waals surface area contributed by atoms with E-state index in [4.69, 9.17) is 21.1 Å². The predicted octanol–water partition coefficient (Wildman–Crippen LogP) is 3.17. The Kier molecular flexibility index (Phi) is 5.62. The fourth-order valence-electron chi connectivity index (χ4n) is 2.68. The molecule has 5 heteroatoms. The Morgan fingerprint density at radius 3 is 3.23 bits per heavy atom. The van der Waals surface area contributed by atoms with Crippen molar-refractivity contribution in [3.8, 4) is 0 Å². The average molecular weight is 321 g/mol. The summed E-state index contributed by atoms with van der Waals surface area (Å²) in [6, 6.07) is 7.90. The van der Waals surface area contributed by atoms with E-state index in [1.165, 1.54) is 0 Å². The normalized spacial score (nSPS) is 18.1. The molecule has 1 aliphatic rings. The van der Waals surface area contributed by atoms with Crippen molar-refractivity contribution < 1.29 is 9.47 Å². The van der Waals surface area contributed by atoms with Gasteiger partial charge in [-0.25, -0.2) is 0 Å². The zero-order valence-corrected chi connectivity index (χ0v) is 13.3. The Morgan fingerprint density at radius 2 is 2.36 bits per heavy atom. The number of pyridine rings is 1. The van der Waals surface area contributed by atoms with E-state index in [1.807, 2.05) is 30.5 Å². The van der Waals surface area contributed by atoms with Crippen LogP contribution in [0.5, 0.6) is 0 Å². The highest BCUT2D eigenvalue weighted by atomic mass is 35.5. The lowest BCUT2D eigenvalue weighted by Gasteiger charge is -2.11. The number of fused-ring (bicyclic) bond motifs is 1. The minimum absolute atomic E-state index is 0.293. The Balaban J connectivity index is 1.45. The van der Waals surface area contributed by atoms with Crippen molar-refractivity contribution in [1.82, 2.24) is 10.3 Å². The summed E-state index contributed by atoms with van der Waals surface area (Å²) in [6.45, 7) is 4.02. The second kappa shape index (κ2) is 7.88. The largest absolute Gasteiger partial charge is 0.379 e. The van der Waals surface area contributed by atoms with Crippen LogP contribution in [0.25, 0.3) is 10.9 Å². The fourth-order valence-corrected chi connectivity index (χ4v) is 2.93. The molecule has 1 unspecified atom stereocenters. The molecule has 2 heterocycles. The summed E-state index contributed by atoms with van der Waals surface area (Å²) >= 11 is 6.17. The third-order valence-electron chi connectivity index (χ3n) is 3.80. The van der Waals surface area contributed by atoms with Crippen LogP contribution in [-0.2, 0) is 16.0 Å². The van der Waals surface area contributed by atoms with Gasteiger partial charge in [-0.3, -0.25) is 4.98 Å². The Hall–Kier alpha value is -1.20. The first-order valence-electron chi connectivity index (χ1n) is 7.76. The third-order valence-corrected chi connectivity index (χ3v) is 4.02. The molecule has 3 rings (SSSR count). The van der Waals surface area contributed by atoms with Gasteiger partial charge in [0.1, 0.15) is 0 Å². The molecule has 1 saturated heterocycles. The van der Waals surface area contributed by atoms with Crippen molar-refractivity contribution in [2.75, 3.05) is 26.4 Å². The monoisotopic (exact) mass is 320 g/mol. The van der Waals surface area contributed by atoms with Crippen molar-refractivity contribution in [3.05, 3.63) is 41.0 Å². The summed E-state index contributed by atoms with van der Waals surface area (Å²) in [5, 5.41) is 5.27. The summed E-state index contributed by atoms with van der Waals surface area (Å²) in [5.74, 6) is 0. The minimum Gasteiger partial charge on any atom is -0.379 e. The van der Waals surface area contributed by atoms with Crippen LogP contribution in [-0.4, -0.2) is 37.5 Å². The van der Waals surface area contributed by atoms with E-state index in [9.17, 15) is 0 Å². The van der Waals surface area contributed by atoms with Crippen LogP contribution in [0.4, 0.5) is 0 Å². The highest BCUT2D eigenvalue weighted by molar-refractivity contribution is 6.31. The molecule has 2 aromatic rings. The molecule has 118 valence electrons. The fraction of sp³-hybridized carbons (Fsp3) is 0.471. The molecule has 4 nitrogen and oxygen atoms in total. The van der Waals surface area contributed by atoms with Gasteiger partial charge in [0.15, 0.2) is 0 Å². The van der Waals surface area contributed by atoms with Crippen LogP contribution in [0.15, 0.2) is 30.5 Å². The second-order valence-electron chi connectivity index (χ2n) is 5.53. The van der Waals surface area contributed by atoms with Crippen LogP contribution in [0.2, 0.25) is 5.02 Å². The summed E-state index contributed by atoms with van der Waals surface area (Å²) in [5.41, 5.74) is 2.15. The number of halogens is 1. The van der Waals surface area contributed by atoms with E-state index >= 15 is 0 Å². The van der Waals surface area contributed by atoms with E-state index in [-0.39, 0.29) is 0 Å². The number of benzene rings is 1. The van der Waals surface area contributed by atoms with E-state index in [0.29, 0.717) is 6.10 Å². The van der Waals surface area contributed by atoms with Gasteiger partial charge in [0, 0.05) is 36.4 Å². The summed E-state index contributed by atoms with van der Waals surface area (Å²) in [6.07, 6.45) is 4.12. The maximum absolute atomic E-state index is 6.17. The van der Waals surface area contributed by atoms with Crippen LogP contribution in [0.1, 0.15) is 18.4 Å². The van der Waals surface area contributed by atoms with Gasteiger partial charge >= 0.3 is 0 Å². The predicted molar refractivity (Wildman–Crippen MR) is 88.3 cm³/mol. The second-order valence-corrected chi connectivity index (χ2v) is 5.96. The summed E-state index contributed by atoms with van der Waals surface area (Å²) < 4.78 is 11.0. The number of nitrogens with one attached hydrogen (secondary N) is 1. The zero-order chi connectivity index (χ0) is 15.2. The molecule has 1 fully saturated rings. The first-order chi connectivity index (χ1) is 10.8. The molecule has 1 atom stereocenters. The Morgan fingerprint density at radius 1 is 1.41 bits per heavy atom.